The van der Waals surface area contributed by atoms with Crippen LogP contribution in [0.4, 0.5) is 4.39 Å². The van der Waals surface area contributed by atoms with Crippen LogP contribution in [-0.2, 0) is 20.9 Å². The molecule has 4 rings (SSSR count). The molecule has 1 unspecified atom stereocenters. The van der Waals surface area contributed by atoms with E-state index in [0.29, 0.717) is 25.1 Å². The molecule has 1 aromatic heterocycles. The van der Waals surface area contributed by atoms with E-state index < -0.39 is 29.1 Å². The van der Waals surface area contributed by atoms with Gasteiger partial charge in [0.1, 0.15) is 17.8 Å². The Morgan fingerprint density at radius 3 is 2.65 bits per heavy atom. The van der Waals surface area contributed by atoms with Gasteiger partial charge < -0.3 is 18.6 Å². The molecule has 1 aromatic carbocycles. The maximum absolute atomic E-state index is 14.3. The Morgan fingerprint density at radius 2 is 2.05 bits per heavy atom. The fraction of sp³-hybridized carbons (Fsp3) is 0.538. The molecule has 0 bridgehead atoms. The van der Waals surface area contributed by atoms with Gasteiger partial charge in [0.15, 0.2) is 28.7 Å². The average Bonchev–Trinajstić information content (AvgIpc) is 3.22. The maximum atomic E-state index is 14.3. The Morgan fingerprint density at radius 1 is 1.32 bits per heavy atom. The molecule has 1 saturated carbocycles. The van der Waals surface area contributed by atoms with E-state index in [4.69, 9.17) is 3.07 Å². The lowest BCUT2D eigenvalue weighted by Gasteiger charge is -2.35. The third kappa shape index (κ3) is 6.08. The molecule has 37 heavy (non-hydrogen) atoms. The first kappa shape index (κ1) is 27.7. The molecule has 2 heterocycles. The van der Waals surface area contributed by atoms with Crippen molar-refractivity contribution in [1.29, 1.82) is 0 Å². The van der Waals surface area contributed by atoms with E-state index in [1.165, 1.54) is 4.90 Å². The van der Waals surface area contributed by atoms with Crippen molar-refractivity contribution in [1.82, 2.24) is 20.5 Å². The van der Waals surface area contributed by atoms with Crippen LogP contribution >= 0.6 is 34.3 Å². The Labute approximate surface area is 234 Å². The molecular weight excluding hydrogens is 610 g/mol. The molecule has 2 aromatic rings. The molecule has 8 nitrogen and oxygen atoms in total. The normalized spacial score (nSPS) is 19.3. The summed E-state index contributed by atoms with van der Waals surface area (Å²) in [4.78, 5) is 46.0. The summed E-state index contributed by atoms with van der Waals surface area (Å²) in [5.41, 5.74) is 2.02. The molecular formula is C26H32FIN4O4S. The first-order valence-electron chi connectivity index (χ1n) is 12.3. The minimum Gasteiger partial charge on any atom is -0.427 e. The summed E-state index contributed by atoms with van der Waals surface area (Å²) in [5.74, 6) is -0.732. The van der Waals surface area contributed by atoms with Gasteiger partial charge in [-0.2, -0.15) is 0 Å². The van der Waals surface area contributed by atoms with Gasteiger partial charge in [0.25, 0.3) is 5.91 Å². The molecule has 2 fully saturated rings. The molecule has 2 atom stereocenters. The van der Waals surface area contributed by atoms with Crippen molar-refractivity contribution in [2.45, 2.75) is 77.7 Å². The zero-order valence-corrected chi connectivity index (χ0v) is 24.4. The van der Waals surface area contributed by atoms with Gasteiger partial charge in [0, 0.05) is 18.7 Å². The molecule has 0 spiro atoms. The summed E-state index contributed by atoms with van der Waals surface area (Å²) in [5, 5.41) is 5.58. The number of benzene rings is 1. The summed E-state index contributed by atoms with van der Waals surface area (Å²) >= 11 is 3.38. The number of likely N-dealkylation sites (tertiary alicyclic amines) is 1. The predicted octanol–water partition coefficient (Wildman–Crippen LogP) is 4.49. The van der Waals surface area contributed by atoms with E-state index >= 15 is 0 Å². The number of rotatable bonds is 8. The number of nitrogens with zero attached hydrogens (tertiary/aromatic N) is 2. The first-order chi connectivity index (χ1) is 17.4. The van der Waals surface area contributed by atoms with Gasteiger partial charge in [-0.1, -0.05) is 32.9 Å². The van der Waals surface area contributed by atoms with Gasteiger partial charge in [0.05, 0.1) is 16.1 Å². The number of aromatic nitrogens is 1. The number of carbonyl (C=O) groups excluding carboxylic acids is 3. The standard InChI is InChI=1S/C26H32FIN4O4S/c1-15-20(37-14-30-15)16-7-8-17(19(12-16)36-28)13-29-22(33)18-6-5-11-32(18)23(34)21(25(2,3)4)31-24(35)26(27)9-10-26/h7-8,12,14,18,21H,5-6,9-11,13H2,1-4H3,(H,29,33)(H,31,35)/t18?,21-/m1/s1. The van der Waals surface area contributed by atoms with Gasteiger partial charge in [-0.25, -0.2) is 9.37 Å². The van der Waals surface area contributed by atoms with E-state index in [-0.39, 0.29) is 31.2 Å². The minimum atomic E-state index is -1.88. The van der Waals surface area contributed by atoms with Crippen LogP contribution in [-0.4, -0.2) is 51.9 Å². The van der Waals surface area contributed by atoms with E-state index in [2.05, 4.69) is 15.6 Å². The number of hydrogen-bond donors (Lipinski definition) is 2. The predicted molar refractivity (Wildman–Crippen MR) is 148 cm³/mol. The molecule has 0 radical (unpaired) electrons. The highest BCUT2D eigenvalue weighted by Gasteiger charge is 2.53. The Kier molecular flexibility index (Phi) is 8.13. The Balaban J connectivity index is 1.44. The fourth-order valence-electron chi connectivity index (χ4n) is 4.51. The Hall–Kier alpha value is -2.28. The second kappa shape index (κ2) is 10.8. The quantitative estimate of drug-likeness (QED) is 0.414. The monoisotopic (exact) mass is 642 g/mol. The molecule has 3 amide bonds. The number of thiazole rings is 1. The van der Waals surface area contributed by atoms with Crippen molar-refractivity contribution in [3.8, 4) is 16.2 Å². The lowest BCUT2D eigenvalue weighted by Crippen LogP contribution is -2.58. The van der Waals surface area contributed by atoms with Crippen LogP contribution < -0.4 is 13.7 Å². The zero-order chi connectivity index (χ0) is 27.0. The van der Waals surface area contributed by atoms with Crippen LogP contribution in [0.2, 0.25) is 0 Å². The van der Waals surface area contributed by atoms with Gasteiger partial charge in [-0.15, -0.1) is 11.3 Å². The summed E-state index contributed by atoms with van der Waals surface area (Å²) < 4.78 is 19.9. The highest BCUT2D eigenvalue weighted by molar-refractivity contribution is 14.1. The SMILES string of the molecule is Cc1ncsc1-c1ccc(CNC(=O)C2CCCN2C(=O)[C@@H](NC(=O)C2(F)CC2)C(C)(C)C)c(OI)c1. The Bertz CT molecular complexity index is 1190. The van der Waals surface area contributed by atoms with Crippen LogP contribution in [0.3, 0.4) is 0 Å². The maximum Gasteiger partial charge on any atom is 0.258 e. The van der Waals surface area contributed by atoms with Crippen LogP contribution in [0.1, 0.15) is 57.7 Å². The van der Waals surface area contributed by atoms with Gasteiger partial charge in [-0.3, -0.25) is 14.4 Å². The summed E-state index contributed by atoms with van der Waals surface area (Å²) in [7, 11) is 0. The third-order valence-corrected chi connectivity index (χ3v) is 8.39. The van der Waals surface area contributed by atoms with Crippen molar-refractivity contribution >= 4 is 52.1 Å². The van der Waals surface area contributed by atoms with E-state index in [9.17, 15) is 18.8 Å². The zero-order valence-electron chi connectivity index (χ0n) is 21.4. The van der Waals surface area contributed by atoms with Crippen LogP contribution in [0.25, 0.3) is 10.4 Å². The third-order valence-electron chi connectivity index (χ3n) is 6.93. The van der Waals surface area contributed by atoms with Crippen LogP contribution in [0.15, 0.2) is 23.7 Å². The minimum absolute atomic E-state index is 0.173. The first-order valence-corrected chi connectivity index (χ1v) is 14.1. The molecule has 1 aliphatic heterocycles. The van der Waals surface area contributed by atoms with Crippen molar-refractivity contribution in [2.75, 3.05) is 6.54 Å². The van der Waals surface area contributed by atoms with Crippen LogP contribution in [0, 0.1) is 12.3 Å². The molecule has 2 aliphatic rings. The number of nitrogens with one attached hydrogen (secondary N) is 2. The molecule has 1 aliphatic carbocycles. The van der Waals surface area contributed by atoms with Gasteiger partial charge in [-0.05, 0) is 49.7 Å². The highest BCUT2D eigenvalue weighted by atomic mass is 127. The topological polar surface area (TPSA) is 101 Å². The van der Waals surface area contributed by atoms with Crippen molar-refractivity contribution < 1.29 is 21.8 Å². The number of hydrogen-bond acceptors (Lipinski definition) is 6. The van der Waals surface area contributed by atoms with Crippen LogP contribution in [0.5, 0.6) is 5.75 Å². The second-order valence-electron chi connectivity index (χ2n) is 10.8. The largest absolute Gasteiger partial charge is 0.427 e. The molecule has 200 valence electrons. The van der Waals surface area contributed by atoms with Crippen molar-refractivity contribution in [3.63, 3.8) is 0 Å². The highest BCUT2D eigenvalue weighted by Crippen LogP contribution is 2.40. The second-order valence-corrected chi connectivity index (χ2v) is 12.1. The van der Waals surface area contributed by atoms with Gasteiger partial charge >= 0.3 is 0 Å². The van der Waals surface area contributed by atoms with Crippen molar-refractivity contribution in [2.24, 2.45) is 5.41 Å². The van der Waals surface area contributed by atoms with E-state index in [0.717, 1.165) is 21.7 Å². The fourth-order valence-corrected chi connectivity index (χ4v) is 5.72. The van der Waals surface area contributed by atoms with E-state index in [1.807, 2.05) is 68.9 Å². The lowest BCUT2D eigenvalue weighted by molar-refractivity contribution is -0.144. The molecule has 2 N–H and O–H groups in total. The summed E-state index contributed by atoms with van der Waals surface area (Å²) in [6, 6.07) is 4.23. The lowest BCUT2D eigenvalue weighted by atomic mass is 9.85. The molecule has 11 heteroatoms. The average molecular weight is 643 g/mol. The number of aryl methyl sites for hydroxylation is 1. The smallest absolute Gasteiger partial charge is 0.258 e. The number of amides is 3. The van der Waals surface area contributed by atoms with Crippen molar-refractivity contribution in [3.05, 3.63) is 35.0 Å². The molecule has 1 saturated heterocycles. The number of halogens is 2. The number of carbonyl (C=O) groups is 3. The summed E-state index contributed by atoms with van der Waals surface area (Å²) in [6.45, 7) is 8.06. The van der Waals surface area contributed by atoms with Gasteiger partial charge in [0.2, 0.25) is 11.8 Å². The van der Waals surface area contributed by atoms with E-state index in [1.54, 1.807) is 16.8 Å². The number of alkyl halides is 1. The summed E-state index contributed by atoms with van der Waals surface area (Å²) in [6.07, 6.45) is 1.54.